The molecule has 0 amide bonds. The van der Waals surface area contributed by atoms with Crippen LogP contribution in [0, 0.1) is 11.6 Å². The van der Waals surface area contributed by atoms with Crippen LogP contribution in [-0.2, 0) is 0 Å². The fourth-order valence-electron chi connectivity index (χ4n) is 1.36. The van der Waals surface area contributed by atoms with E-state index in [4.69, 9.17) is 0 Å². The minimum Gasteiger partial charge on any atom is -0.297 e. The Balaban J connectivity index is 2.92. The van der Waals surface area contributed by atoms with Crippen molar-refractivity contribution in [2.75, 3.05) is 13.6 Å². The van der Waals surface area contributed by atoms with Gasteiger partial charge in [0.25, 0.3) is 0 Å². The normalized spacial score (nSPS) is 12.9. The molecule has 0 saturated carbocycles. The summed E-state index contributed by atoms with van der Waals surface area (Å²) in [6.07, 6.45) is 0. The van der Waals surface area contributed by atoms with Crippen LogP contribution in [0.3, 0.4) is 0 Å². The van der Waals surface area contributed by atoms with Gasteiger partial charge in [0.2, 0.25) is 0 Å². The van der Waals surface area contributed by atoms with Gasteiger partial charge in [-0.15, -0.1) is 0 Å². The second kappa shape index (κ2) is 5.16. The van der Waals surface area contributed by atoms with E-state index < -0.39 is 11.6 Å². The first kappa shape index (κ1) is 12.8. The molecule has 0 aliphatic rings. The number of Topliss-reactive ketones (excluding diaryl/α,β-unsaturated/α-hetero) is 1. The number of halogens is 2. The van der Waals surface area contributed by atoms with E-state index in [1.54, 1.807) is 6.92 Å². The van der Waals surface area contributed by atoms with Gasteiger partial charge in [0.15, 0.2) is 17.4 Å². The van der Waals surface area contributed by atoms with Crippen molar-refractivity contribution >= 4 is 5.78 Å². The Morgan fingerprint density at radius 1 is 1.38 bits per heavy atom. The summed E-state index contributed by atoms with van der Waals surface area (Å²) in [4.78, 5) is 13.7. The van der Waals surface area contributed by atoms with E-state index in [1.807, 2.05) is 18.9 Å². The molecule has 16 heavy (non-hydrogen) atoms. The molecular weight excluding hydrogens is 212 g/mol. The molecule has 0 spiro atoms. The molecule has 1 rings (SSSR count). The van der Waals surface area contributed by atoms with Gasteiger partial charge >= 0.3 is 0 Å². The highest BCUT2D eigenvalue weighted by atomic mass is 19.2. The standard InChI is InChI=1S/C12H15F2NO/c1-4-15(3)8(2)12(16)9-5-6-10(13)11(14)7-9/h5-8H,4H2,1-3H3. The molecule has 88 valence electrons. The zero-order valence-corrected chi connectivity index (χ0v) is 9.63. The van der Waals surface area contributed by atoms with Gasteiger partial charge in [-0.25, -0.2) is 8.78 Å². The average molecular weight is 227 g/mol. The van der Waals surface area contributed by atoms with Crippen molar-refractivity contribution in [3.63, 3.8) is 0 Å². The zero-order chi connectivity index (χ0) is 12.3. The molecule has 0 radical (unpaired) electrons. The quantitative estimate of drug-likeness (QED) is 0.736. The topological polar surface area (TPSA) is 20.3 Å². The van der Waals surface area contributed by atoms with Crippen LogP contribution in [0.5, 0.6) is 0 Å². The average Bonchev–Trinajstić information content (AvgIpc) is 2.29. The summed E-state index contributed by atoms with van der Waals surface area (Å²) in [5.41, 5.74) is 0.201. The Kier molecular flexibility index (Phi) is 4.12. The third-order valence-electron chi connectivity index (χ3n) is 2.74. The van der Waals surface area contributed by atoms with Crippen molar-refractivity contribution in [2.45, 2.75) is 19.9 Å². The molecule has 0 fully saturated rings. The van der Waals surface area contributed by atoms with Crippen LogP contribution in [0.4, 0.5) is 8.78 Å². The zero-order valence-electron chi connectivity index (χ0n) is 9.63. The molecule has 0 N–H and O–H groups in total. The fourth-order valence-corrected chi connectivity index (χ4v) is 1.36. The Morgan fingerprint density at radius 3 is 2.50 bits per heavy atom. The van der Waals surface area contributed by atoms with Crippen molar-refractivity contribution < 1.29 is 13.6 Å². The second-order valence-electron chi connectivity index (χ2n) is 3.74. The number of rotatable bonds is 4. The van der Waals surface area contributed by atoms with Crippen molar-refractivity contribution in [3.8, 4) is 0 Å². The third kappa shape index (κ3) is 2.64. The third-order valence-corrected chi connectivity index (χ3v) is 2.74. The summed E-state index contributed by atoms with van der Waals surface area (Å²) >= 11 is 0. The number of hydrogen-bond donors (Lipinski definition) is 0. The Labute approximate surface area is 93.9 Å². The minimum absolute atomic E-state index is 0.201. The smallest absolute Gasteiger partial charge is 0.179 e. The van der Waals surface area contributed by atoms with Crippen molar-refractivity contribution in [3.05, 3.63) is 35.4 Å². The molecule has 0 aromatic heterocycles. The minimum atomic E-state index is -0.989. The van der Waals surface area contributed by atoms with Crippen LogP contribution in [-0.4, -0.2) is 30.3 Å². The summed E-state index contributed by atoms with van der Waals surface area (Å²) in [6.45, 7) is 4.39. The van der Waals surface area contributed by atoms with E-state index in [1.165, 1.54) is 6.07 Å². The number of hydrogen-bond acceptors (Lipinski definition) is 2. The van der Waals surface area contributed by atoms with Crippen molar-refractivity contribution in [2.24, 2.45) is 0 Å². The van der Waals surface area contributed by atoms with E-state index >= 15 is 0 Å². The van der Waals surface area contributed by atoms with Gasteiger partial charge in [-0.2, -0.15) is 0 Å². The number of nitrogens with zero attached hydrogens (tertiary/aromatic N) is 1. The van der Waals surface area contributed by atoms with E-state index in [2.05, 4.69) is 0 Å². The monoisotopic (exact) mass is 227 g/mol. The summed E-state index contributed by atoms with van der Waals surface area (Å²) in [6, 6.07) is 2.88. The molecule has 0 aliphatic carbocycles. The lowest BCUT2D eigenvalue weighted by molar-refractivity contribution is 0.0873. The summed E-state index contributed by atoms with van der Waals surface area (Å²) < 4.78 is 25.6. The largest absolute Gasteiger partial charge is 0.297 e. The first-order chi connectivity index (χ1) is 7.47. The highest BCUT2D eigenvalue weighted by Gasteiger charge is 2.19. The number of carbonyl (C=O) groups excluding carboxylic acids is 1. The Morgan fingerprint density at radius 2 is 2.00 bits per heavy atom. The summed E-state index contributed by atoms with van der Waals surface area (Å²) in [5.74, 6) is -2.13. The van der Waals surface area contributed by atoms with Gasteiger partial charge in [0.05, 0.1) is 6.04 Å². The number of benzene rings is 1. The van der Waals surface area contributed by atoms with Crippen molar-refractivity contribution in [1.82, 2.24) is 4.90 Å². The molecule has 0 bridgehead atoms. The van der Waals surface area contributed by atoms with Crippen LogP contribution >= 0.6 is 0 Å². The second-order valence-corrected chi connectivity index (χ2v) is 3.74. The molecule has 1 aromatic rings. The van der Waals surface area contributed by atoms with Gasteiger partial charge in [0.1, 0.15) is 0 Å². The molecule has 0 saturated heterocycles. The SMILES string of the molecule is CCN(C)C(C)C(=O)c1ccc(F)c(F)c1. The first-order valence-corrected chi connectivity index (χ1v) is 5.16. The lowest BCUT2D eigenvalue weighted by atomic mass is 10.0. The van der Waals surface area contributed by atoms with Gasteiger partial charge in [0, 0.05) is 5.56 Å². The van der Waals surface area contributed by atoms with Crippen LogP contribution in [0.25, 0.3) is 0 Å². The van der Waals surface area contributed by atoms with Gasteiger partial charge < -0.3 is 0 Å². The number of likely N-dealkylation sites (N-methyl/N-ethyl adjacent to an activating group) is 1. The lowest BCUT2D eigenvalue weighted by Gasteiger charge is -2.21. The van der Waals surface area contributed by atoms with Crippen LogP contribution in [0.1, 0.15) is 24.2 Å². The molecule has 0 aliphatic heterocycles. The maximum Gasteiger partial charge on any atom is 0.179 e. The Bertz CT molecular complexity index is 393. The van der Waals surface area contributed by atoms with Crippen LogP contribution < -0.4 is 0 Å². The molecule has 1 unspecified atom stereocenters. The van der Waals surface area contributed by atoms with Crippen LogP contribution in [0.2, 0.25) is 0 Å². The van der Waals surface area contributed by atoms with Crippen molar-refractivity contribution in [1.29, 1.82) is 0 Å². The summed E-state index contributed by atoms with van der Waals surface area (Å²) in [7, 11) is 1.81. The predicted molar refractivity (Wildman–Crippen MR) is 58.5 cm³/mol. The highest BCUT2D eigenvalue weighted by molar-refractivity contribution is 5.99. The molecule has 4 heteroatoms. The van der Waals surface area contributed by atoms with E-state index in [-0.39, 0.29) is 17.4 Å². The van der Waals surface area contributed by atoms with E-state index in [9.17, 15) is 13.6 Å². The molecule has 0 heterocycles. The maximum atomic E-state index is 12.9. The number of carbonyl (C=O) groups is 1. The van der Waals surface area contributed by atoms with Crippen LogP contribution in [0.15, 0.2) is 18.2 Å². The maximum absolute atomic E-state index is 12.9. The molecule has 1 atom stereocenters. The van der Waals surface area contributed by atoms with E-state index in [0.717, 1.165) is 18.7 Å². The molecule has 2 nitrogen and oxygen atoms in total. The predicted octanol–water partition coefficient (Wildman–Crippen LogP) is 2.49. The Hall–Kier alpha value is -1.29. The summed E-state index contributed by atoms with van der Waals surface area (Å²) in [5, 5.41) is 0. The fraction of sp³-hybridized carbons (Fsp3) is 0.417. The van der Waals surface area contributed by atoms with Gasteiger partial charge in [-0.3, -0.25) is 9.69 Å². The van der Waals surface area contributed by atoms with Gasteiger partial charge in [-0.05, 0) is 38.7 Å². The highest BCUT2D eigenvalue weighted by Crippen LogP contribution is 2.12. The van der Waals surface area contributed by atoms with E-state index in [0.29, 0.717) is 0 Å². The number of ketones is 1. The van der Waals surface area contributed by atoms with Gasteiger partial charge in [-0.1, -0.05) is 6.92 Å². The molecule has 1 aromatic carbocycles. The molecular formula is C12H15F2NO. The first-order valence-electron chi connectivity index (χ1n) is 5.16. The lowest BCUT2D eigenvalue weighted by Crippen LogP contribution is -2.35.